The van der Waals surface area contributed by atoms with E-state index in [1.54, 1.807) is 19.3 Å². The first-order valence-electron chi connectivity index (χ1n) is 22.0. The standard InChI is InChI=1S/C44H61N7O9S/c1-7-27-23-44(27,40(54)49-61(56,57)43(5)16-17-43)48-37(52)33-22-29-25-51(33)39(53)36(42(2,3)4)47-41(55)60-34-21-26(34)11-9-8-10-12-30-35(58-28-14-19-50(6)20-15-28)31-24-45-18-13-32(31)46-38(30)59-29/h7,13,18,24,26-29,33-34,36H,1,8-12,14-17,19-23,25H2,2-6H3,(H,47,55)(H,48,52)(H,49,54)/t26-,27+,29+,33-,34?,36?,44?/m0/s1. The van der Waals surface area contributed by atoms with Crippen LogP contribution in [0.2, 0.25) is 0 Å². The summed E-state index contributed by atoms with van der Waals surface area (Å²) in [4.78, 5) is 69.8. The molecule has 3 aliphatic carbocycles. The van der Waals surface area contributed by atoms with E-state index in [-0.39, 0.29) is 37.5 Å². The number of alkyl carbamates (subject to hydrolysis) is 1. The number of aromatic nitrogens is 2. The van der Waals surface area contributed by atoms with Crippen LogP contribution in [0, 0.1) is 17.3 Å². The van der Waals surface area contributed by atoms with Crippen molar-refractivity contribution in [2.24, 2.45) is 17.3 Å². The third-order valence-electron chi connectivity index (χ3n) is 13.7. The minimum atomic E-state index is -4.01. The van der Waals surface area contributed by atoms with Crippen LogP contribution in [-0.2, 0) is 35.6 Å². The van der Waals surface area contributed by atoms with Crippen molar-refractivity contribution in [3.8, 4) is 11.6 Å². The summed E-state index contributed by atoms with van der Waals surface area (Å²) >= 11 is 0. The summed E-state index contributed by atoms with van der Waals surface area (Å²) in [6, 6.07) is -0.436. The summed E-state index contributed by atoms with van der Waals surface area (Å²) in [6.07, 6.45) is 11.0. The van der Waals surface area contributed by atoms with Gasteiger partial charge in [0.2, 0.25) is 27.7 Å². The number of nitrogens with one attached hydrogen (secondary N) is 3. The second-order valence-electron chi connectivity index (χ2n) is 19.6. The molecule has 16 nitrogen and oxygen atoms in total. The number of fused-ring (bicyclic) bond motifs is 5. The van der Waals surface area contributed by atoms with Crippen LogP contribution in [0.15, 0.2) is 31.1 Å². The number of hydrogen-bond acceptors (Lipinski definition) is 12. The predicted octanol–water partition coefficient (Wildman–Crippen LogP) is 4.16. The molecule has 0 aromatic carbocycles. The summed E-state index contributed by atoms with van der Waals surface area (Å²) in [7, 11) is -1.91. The summed E-state index contributed by atoms with van der Waals surface area (Å²) in [5.74, 6) is -1.26. The molecule has 8 rings (SSSR count). The molecule has 2 bridgehead atoms. The fourth-order valence-electron chi connectivity index (χ4n) is 9.13. The lowest BCUT2D eigenvalue weighted by molar-refractivity contribution is -0.142. The number of carbonyl (C=O) groups is 4. The Kier molecular flexibility index (Phi) is 11.5. The maximum atomic E-state index is 14.9. The summed E-state index contributed by atoms with van der Waals surface area (Å²) in [5.41, 5.74) is -0.932. The van der Waals surface area contributed by atoms with E-state index in [9.17, 15) is 27.6 Å². The van der Waals surface area contributed by atoms with Gasteiger partial charge in [-0.1, -0.05) is 39.7 Å². The van der Waals surface area contributed by atoms with Crippen LogP contribution < -0.4 is 24.8 Å². The number of rotatable bonds is 8. The number of hydrogen-bond donors (Lipinski definition) is 3. The molecule has 4 amide bonds. The Balaban J connectivity index is 1.14. The highest BCUT2D eigenvalue weighted by Gasteiger charge is 2.63. The van der Waals surface area contributed by atoms with E-state index in [0.717, 1.165) is 69.0 Å². The predicted molar refractivity (Wildman–Crippen MR) is 226 cm³/mol. The zero-order valence-electron chi connectivity index (χ0n) is 36.0. The molecule has 3 aliphatic heterocycles. The molecule has 5 fully saturated rings. The number of carbonyl (C=O) groups excluding carboxylic acids is 4. The molecule has 2 aromatic rings. The minimum Gasteiger partial charge on any atom is -0.489 e. The van der Waals surface area contributed by atoms with Gasteiger partial charge in [-0.15, -0.1) is 6.58 Å². The lowest BCUT2D eigenvalue weighted by atomic mass is 9.85. The highest BCUT2D eigenvalue weighted by Crippen LogP contribution is 2.47. The van der Waals surface area contributed by atoms with E-state index in [4.69, 9.17) is 19.2 Å². The van der Waals surface area contributed by atoms with E-state index in [1.807, 2.05) is 26.8 Å². The van der Waals surface area contributed by atoms with Crippen LogP contribution in [-0.4, -0.2) is 119 Å². The van der Waals surface area contributed by atoms with Gasteiger partial charge in [-0.25, -0.2) is 18.2 Å². The second-order valence-corrected chi connectivity index (χ2v) is 21.8. The number of amides is 4. The molecule has 332 valence electrons. The minimum absolute atomic E-state index is 0.0170. The van der Waals surface area contributed by atoms with Crippen molar-refractivity contribution in [2.45, 2.75) is 145 Å². The number of sulfonamides is 1. The van der Waals surface area contributed by atoms with Crippen LogP contribution in [0.1, 0.15) is 104 Å². The van der Waals surface area contributed by atoms with Gasteiger partial charge in [0.15, 0.2) is 0 Å². The molecule has 3 N–H and O–H groups in total. The molecule has 6 aliphatic rings. The molecule has 0 radical (unpaired) electrons. The average molecular weight is 864 g/mol. The molecular formula is C44H61N7O9S. The Hall–Kier alpha value is -4.51. The van der Waals surface area contributed by atoms with Crippen LogP contribution in [0.4, 0.5) is 4.79 Å². The average Bonchev–Trinajstić information content (AvgIpc) is 4.17. The quantitative estimate of drug-likeness (QED) is 0.321. The van der Waals surface area contributed by atoms with Gasteiger partial charge in [0, 0.05) is 37.8 Å². The van der Waals surface area contributed by atoms with Gasteiger partial charge in [-0.05, 0) is 89.2 Å². The van der Waals surface area contributed by atoms with Gasteiger partial charge in [0.25, 0.3) is 5.91 Å². The lowest BCUT2D eigenvalue weighted by Gasteiger charge is -2.35. The Morgan fingerprint density at radius 1 is 1.08 bits per heavy atom. The number of nitrogens with zero attached hydrogens (tertiary/aromatic N) is 4. The molecule has 2 aromatic heterocycles. The Labute approximate surface area is 358 Å². The first-order valence-corrected chi connectivity index (χ1v) is 23.5. The largest absolute Gasteiger partial charge is 0.489 e. The smallest absolute Gasteiger partial charge is 0.408 e. The Morgan fingerprint density at radius 2 is 1.84 bits per heavy atom. The van der Waals surface area contributed by atoms with Crippen LogP contribution in [0.3, 0.4) is 0 Å². The van der Waals surface area contributed by atoms with Gasteiger partial charge >= 0.3 is 6.09 Å². The van der Waals surface area contributed by atoms with E-state index < -0.39 is 73.6 Å². The van der Waals surface area contributed by atoms with Gasteiger partial charge < -0.3 is 34.6 Å². The monoisotopic (exact) mass is 863 g/mol. The number of ether oxygens (including phenoxy) is 3. The van der Waals surface area contributed by atoms with Crippen LogP contribution >= 0.6 is 0 Å². The zero-order valence-corrected chi connectivity index (χ0v) is 36.9. The second kappa shape index (κ2) is 16.3. The van der Waals surface area contributed by atoms with Crippen LogP contribution in [0.25, 0.3) is 10.9 Å². The van der Waals surface area contributed by atoms with Gasteiger partial charge in [-0.3, -0.25) is 24.1 Å². The molecule has 0 spiro atoms. The topological polar surface area (TPSA) is 198 Å². The molecule has 61 heavy (non-hydrogen) atoms. The van der Waals surface area contributed by atoms with E-state index in [0.29, 0.717) is 36.4 Å². The highest BCUT2D eigenvalue weighted by molar-refractivity contribution is 7.91. The van der Waals surface area contributed by atoms with Gasteiger partial charge in [-0.2, -0.15) is 0 Å². The van der Waals surface area contributed by atoms with Gasteiger partial charge in [0.1, 0.15) is 41.7 Å². The van der Waals surface area contributed by atoms with Crippen molar-refractivity contribution < 1.29 is 41.8 Å². The molecule has 3 unspecified atom stereocenters. The van der Waals surface area contributed by atoms with Crippen molar-refractivity contribution in [3.63, 3.8) is 0 Å². The number of likely N-dealkylation sites (tertiary alicyclic amines) is 1. The number of piperidine rings is 1. The van der Waals surface area contributed by atoms with Crippen molar-refractivity contribution in [1.29, 1.82) is 0 Å². The highest BCUT2D eigenvalue weighted by atomic mass is 32.2. The normalized spacial score (nSPS) is 30.9. The van der Waals surface area contributed by atoms with Crippen LogP contribution in [0.5, 0.6) is 11.6 Å². The summed E-state index contributed by atoms with van der Waals surface area (Å²) < 4.78 is 47.1. The first kappa shape index (κ1) is 43.2. The third kappa shape index (κ3) is 8.91. The number of pyridine rings is 2. The van der Waals surface area contributed by atoms with E-state index >= 15 is 0 Å². The molecule has 7 atom stereocenters. The molecule has 17 heteroatoms. The maximum Gasteiger partial charge on any atom is 0.408 e. The zero-order chi connectivity index (χ0) is 43.5. The fraction of sp³-hybridized carbons (Fsp3) is 0.682. The first-order chi connectivity index (χ1) is 28.9. The fourth-order valence-corrected chi connectivity index (χ4v) is 10.4. The van der Waals surface area contributed by atoms with E-state index in [1.165, 1.54) is 11.0 Å². The van der Waals surface area contributed by atoms with Crippen molar-refractivity contribution in [1.82, 2.24) is 35.1 Å². The molecule has 5 heterocycles. The Bertz CT molecular complexity index is 2180. The molecule has 3 saturated carbocycles. The van der Waals surface area contributed by atoms with Crippen molar-refractivity contribution >= 4 is 44.7 Å². The summed E-state index contributed by atoms with van der Waals surface area (Å²) in [5, 5.41) is 6.48. The molecular weight excluding hydrogens is 803 g/mol. The Morgan fingerprint density at radius 3 is 2.52 bits per heavy atom. The maximum absolute atomic E-state index is 14.9. The molecule has 2 saturated heterocycles. The third-order valence-corrected chi connectivity index (χ3v) is 15.9. The van der Waals surface area contributed by atoms with Gasteiger partial charge in [0.05, 0.1) is 27.8 Å². The SMILES string of the molecule is C=C[C@@H]1CC1(NC(=O)[C@@H]1C[C@@H]2CN1C(=O)C(C(C)(C)C)NC(=O)OC1C[C@@H]1CCCCCc1c(nc3ccncc3c1OC1CCN(C)CC1)O2)C(=O)NS(=O)(=O)C1(C)CC1. The van der Waals surface area contributed by atoms with Crippen molar-refractivity contribution in [2.75, 3.05) is 26.7 Å². The summed E-state index contributed by atoms with van der Waals surface area (Å²) in [6.45, 7) is 12.7. The van der Waals surface area contributed by atoms with E-state index in [2.05, 4.69) is 38.9 Å². The van der Waals surface area contributed by atoms with Crippen molar-refractivity contribution in [3.05, 3.63) is 36.7 Å². The lowest BCUT2D eigenvalue weighted by Crippen LogP contribution is -2.60.